The Hall–Kier alpha value is -1.68. The first-order valence-corrected chi connectivity index (χ1v) is 11.8. The van der Waals surface area contributed by atoms with Crippen molar-refractivity contribution in [3.8, 4) is 0 Å². The normalized spacial score (nSPS) is 11.5. The van der Waals surface area contributed by atoms with Crippen molar-refractivity contribution in [3.05, 3.63) is 24.0 Å². The fraction of sp³-hybridized carbons (Fsp3) is 0.625. The Morgan fingerprint density at radius 3 is 1.35 bits per heavy atom. The minimum absolute atomic E-state index is 0.0814. The Balaban J connectivity index is 3.59. The van der Waals surface area contributed by atoms with E-state index in [4.69, 9.17) is 0 Å². The molecule has 10 heteroatoms. The number of hydrogen-bond acceptors (Lipinski definition) is 6. The first-order valence-electron chi connectivity index (χ1n) is 8.35. The molecule has 0 radical (unpaired) electrons. The van der Waals surface area contributed by atoms with E-state index in [-0.39, 0.29) is 36.2 Å². The van der Waals surface area contributed by atoms with Crippen LogP contribution in [0.3, 0.4) is 0 Å². The molecule has 0 aliphatic rings. The summed E-state index contributed by atoms with van der Waals surface area (Å²) >= 11 is 0. The summed E-state index contributed by atoms with van der Waals surface area (Å²) < 4.78 is 44.7. The average molecular weight is 409 g/mol. The molecule has 0 saturated carbocycles. The lowest BCUT2D eigenvalue weighted by molar-refractivity contribution is -0.121. The maximum atomic E-state index is 11.5. The Morgan fingerprint density at radius 2 is 1.04 bits per heavy atom. The smallest absolute Gasteiger partial charge is 0.221 e. The molecule has 0 aliphatic carbocycles. The van der Waals surface area contributed by atoms with E-state index in [0.717, 1.165) is 36.5 Å². The van der Waals surface area contributed by atoms with Crippen molar-refractivity contribution in [2.24, 2.45) is 0 Å². The summed E-state index contributed by atoms with van der Waals surface area (Å²) in [7, 11) is -6.70. The van der Waals surface area contributed by atoms with Crippen LogP contribution in [0, 0.1) is 0 Å². The minimum atomic E-state index is -3.35. The van der Waals surface area contributed by atoms with Gasteiger partial charge in [-0.05, 0) is 12.8 Å². The average Bonchev–Trinajstić information content (AvgIpc) is 2.60. The highest BCUT2D eigenvalue weighted by molar-refractivity contribution is 7.94. The number of carbonyl (C=O) groups is 2. The summed E-state index contributed by atoms with van der Waals surface area (Å²) in [6.45, 7) is 7.30. The second-order valence-corrected chi connectivity index (χ2v) is 9.82. The van der Waals surface area contributed by atoms with Gasteiger partial charge in [-0.1, -0.05) is 26.0 Å². The Kier molecular flexibility index (Phi) is 11.8. The minimum Gasteiger partial charge on any atom is -0.356 e. The van der Waals surface area contributed by atoms with Gasteiger partial charge in [0.2, 0.25) is 11.8 Å². The molecule has 150 valence electrons. The highest BCUT2D eigenvalue weighted by atomic mass is 32.2. The molecule has 8 nitrogen and oxygen atoms in total. The molecule has 0 heterocycles. The van der Waals surface area contributed by atoms with E-state index >= 15 is 0 Å². The lowest BCUT2D eigenvalue weighted by atomic mass is 10.2. The maximum absolute atomic E-state index is 11.5. The highest BCUT2D eigenvalue weighted by Gasteiger charge is 2.10. The fourth-order valence-electron chi connectivity index (χ4n) is 1.87. The van der Waals surface area contributed by atoms with Crippen LogP contribution in [-0.4, -0.2) is 53.2 Å². The highest BCUT2D eigenvalue weighted by Crippen LogP contribution is 2.00. The van der Waals surface area contributed by atoms with E-state index in [0.29, 0.717) is 13.1 Å². The van der Waals surface area contributed by atoms with Gasteiger partial charge >= 0.3 is 0 Å². The summed E-state index contributed by atoms with van der Waals surface area (Å²) in [4.78, 5) is 22.9. The van der Waals surface area contributed by atoms with E-state index in [2.05, 4.69) is 23.8 Å². The molecule has 0 bridgehead atoms. The van der Waals surface area contributed by atoms with Crippen LogP contribution in [0.2, 0.25) is 0 Å². The van der Waals surface area contributed by atoms with Crippen LogP contribution in [0.25, 0.3) is 0 Å². The van der Waals surface area contributed by atoms with Crippen LogP contribution < -0.4 is 10.6 Å². The van der Waals surface area contributed by atoms with Crippen molar-refractivity contribution >= 4 is 31.5 Å². The number of rotatable bonds is 15. The van der Waals surface area contributed by atoms with Crippen LogP contribution in [-0.2, 0) is 29.3 Å². The van der Waals surface area contributed by atoms with Gasteiger partial charge in [0.05, 0.1) is 11.5 Å². The molecule has 0 aromatic carbocycles. The number of unbranched alkanes of at least 4 members (excludes halogenated alkanes) is 3. The van der Waals surface area contributed by atoms with Gasteiger partial charge in [-0.25, -0.2) is 16.8 Å². The topological polar surface area (TPSA) is 126 Å². The van der Waals surface area contributed by atoms with Crippen molar-refractivity contribution in [1.29, 1.82) is 0 Å². The van der Waals surface area contributed by atoms with Crippen LogP contribution in [0.15, 0.2) is 24.0 Å². The lowest BCUT2D eigenvalue weighted by Crippen LogP contribution is -2.26. The molecule has 0 aliphatic heterocycles. The molecular formula is C16H28N2O6S2. The van der Waals surface area contributed by atoms with Crippen molar-refractivity contribution < 1.29 is 26.4 Å². The molecule has 0 aromatic heterocycles. The molecule has 2 N–H and O–H groups in total. The molecule has 0 saturated heterocycles. The summed E-state index contributed by atoms with van der Waals surface area (Å²) in [6, 6.07) is 0. The molecule has 0 aromatic rings. The molecule has 26 heavy (non-hydrogen) atoms. The SMILES string of the molecule is C=CS(=O)(=O)CCC(=O)NCCCCCCNC(=O)CCS(=O)(=O)C=C. The summed E-state index contributed by atoms with van der Waals surface area (Å²) in [5, 5.41) is 6.99. The molecule has 0 rings (SSSR count). The van der Waals surface area contributed by atoms with Crippen LogP contribution in [0.1, 0.15) is 38.5 Å². The van der Waals surface area contributed by atoms with Crippen LogP contribution in [0.5, 0.6) is 0 Å². The zero-order valence-electron chi connectivity index (χ0n) is 14.9. The third-order valence-corrected chi connectivity index (χ3v) is 6.05. The second-order valence-electron chi connectivity index (χ2n) is 5.68. The quantitative estimate of drug-likeness (QED) is 0.384. The number of nitrogens with one attached hydrogen (secondary N) is 2. The van der Waals surface area contributed by atoms with Gasteiger partial charge < -0.3 is 10.6 Å². The Bertz CT molecular complexity index is 624. The van der Waals surface area contributed by atoms with Crippen molar-refractivity contribution in [2.45, 2.75) is 38.5 Å². The van der Waals surface area contributed by atoms with Gasteiger partial charge in [-0.2, -0.15) is 0 Å². The van der Waals surface area contributed by atoms with E-state index in [1.165, 1.54) is 0 Å². The van der Waals surface area contributed by atoms with E-state index in [1.807, 2.05) is 0 Å². The second kappa shape index (κ2) is 12.6. The molecule has 2 amide bonds. The maximum Gasteiger partial charge on any atom is 0.221 e. The van der Waals surface area contributed by atoms with Gasteiger partial charge in [0, 0.05) is 36.7 Å². The predicted molar refractivity (Wildman–Crippen MR) is 102 cm³/mol. The van der Waals surface area contributed by atoms with Crippen molar-refractivity contribution in [2.75, 3.05) is 24.6 Å². The Morgan fingerprint density at radius 1 is 0.692 bits per heavy atom. The standard InChI is InChI=1S/C16H28N2O6S2/c1-3-25(21,22)13-9-15(19)17-11-7-5-6-8-12-18-16(20)10-14-26(23,24)4-2/h3-4H,1-2,5-14H2,(H,17,19)(H,18,20). The summed E-state index contributed by atoms with van der Waals surface area (Å²) in [6.07, 6.45) is 3.05. The summed E-state index contributed by atoms with van der Waals surface area (Å²) in [5.74, 6) is -1.10. The van der Waals surface area contributed by atoms with E-state index in [1.54, 1.807) is 0 Å². The Labute approximate surface area is 156 Å². The van der Waals surface area contributed by atoms with Gasteiger partial charge in [0.25, 0.3) is 0 Å². The zero-order valence-corrected chi connectivity index (χ0v) is 16.5. The van der Waals surface area contributed by atoms with Crippen molar-refractivity contribution in [3.63, 3.8) is 0 Å². The lowest BCUT2D eigenvalue weighted by Gasteiger charge is -2.06. The van der Waals surface area contributed by atoms with Gasteiger partial charge in [0.15, 0.2) is 19.7 Å². The molecule has 0 fully saturated rings. The number of amides is 2. The number of sulfone groups is 2. The largest absolute Gasteiger partial charge is 0.356 e. The third kappa shape index (κ3) is 13.6. The fourth-order valence-corrected chi connectivity index (χ4v) is 3.15. The van der Waals surface area contributed by atoms with Crippen molar-refractivity contribution in [1.82, 2.24) is 10.6 Å². The van der Waals surface area contributed by atoms with Crippen LogP contribution >= 0.6 is 0 Å². The van der Waals surface area contributed by atoms with E-state index in [9.17, 15) is 26.4 Å². The molecule has 0 spiro atoms. The number of carbonyl (C=O) groups excluding carboxylic acids is 2. The molecule has 0 unspecified atom stereocenters. The monoisotopic (exact) mass is 408 g/mol. The van der Waals surface area contributed by atoms with Gasteiger partial charge in [-0.15, -0.1) is 0 Å². The predicted octanol–water partition coefficient (Wildman–Crippen LogP) is 0.676. The first-order chi connectivity index (χ1) is 12.1. The zero-order chi connectivity index (χ0) is 20.1. The molecule has 0 atom stereocenters. The van der Waals surface area contributed by atoms with E-state index < -0.39 is 19.7 Å². The van der Waals surface area contributed by atoms with Gasteiger partial charge in [-0.3, -0.25) is 9.59 Å². The first kappa shape index (κ1) is 24.3. The van der Waals surface area contributed by atoms with Gasteiger partial charge in [0.1, 0.15) is 0 Å². The van der Waals surface area contributed by atoms with Crippen LogP contribution in [0.4, 0.5) is 0 Å². The summed E-state index contributed by atoms with van der Waals surface area (Å²) in [5.41, 5.74) is 0. The third-order valence-electron chi connectivity index (χ3n) is 3.48. The molecular weight excluding hydrogens is 380 g/mol. The number of hydrogen-bond donors (Lipinski definition) is 2.